The number of fused-ring (bicyclic) bond motifs is 1. The number of carbonyl (C=O) groups excluding carboxylic acids is 3. The van der Waals surface area contributed by atoms with Crippen LogP contribution in [0.2, 0.25) is 0 Å². The Morgan fingerprint density at radius 2 is 1.82 bits per heavy atom. The number of benzene rings is 1. The van der Waals surface area contributed by atoms with Gasteiger partial charge in [-0.1, -0.05) is 39.0 Å². The SMILES string of the molecule is CC(C)(C)C(NC(=O)c1nn(CC2CCS(=O)(=O)CC2)c2ccccc12)C(=O)NCC(N)=O. The molecule has 11 heteroatoms. The third kappa shape index (κ3) is 6.10. The first kappa shape index (κ1) is 24.7. The highest BCUT2D eigenvalue weighted by atomic mass is 32.2. The number of sulfone groups is 1. The van der Waals surface area contributed by atoms with E-state index >= 15 is 0 Å². The van der Waals surface area contributed by atoms with Crippen molar-refractivity contribution in [2.45, 2.75) is 46.2 Å². The number of hydrogen-bond acceptors (Lipinski definition) is 6. The average molecular weight is 478 g/mol. The van der Waals surface area contributed by atoms with Crippen LogP contribution in [0.1, 0.15) is 44.1 Å². The summed E-state index contributed by atoms with van der Waals surface area (Å²) in [5.74, 6) is -1.22. The van der Waals surface area contributed by atoms with Gasteiger partial charge in [-0.25, -0.2) is 8.42 Å². The normalized spacial score (nSPS) is 17.4. The zero-order chi connectivity index (χ0) is 24.4. The molecule has 0 aliphatic carbocycles. The first-order chi connectivity index (χ1) is 15.4. The van der Waals surface area contributed by atoms with Crippen molar-refractivity contribution in [2.24, 2.45) is 17.1 Å². The quantitative estimate of drug-likeness (QED) is 0.531. The fourth-order valence-electron chi connectivity index (χ4n) is 3.95. The van der Waals surface area contributed by atoms with Crippen LogP contribution in [0.4, 0.5) is 0 Å². The van der Waals surface area contributed by atoms with E-state index in [1.165, 1.54) is 0 Å². The molecular weight excluding hydrogens is 446 g/mol. The highest BCUT2D eigenvalue weighted by Crippen LogP contribution is 2.25. The highest BCUT2D eigenvalue weighted by Gasteiger charge is 2.34. The average Bonchev–Trinajstić information content (AvgIpc) is 3.09. The summed E-state index contributed by atoms with van der Waals surface area (Å²) in [7, 11) is -2.97. The molecule has 1 aromatic heterocycles. The van der Waals surface area contributed by atoms with E-state index in [0.717, 1.165) is 5.52 Å². The second-order valence-electron chi connectivity index (χ2n) is 9.60. The Morgan fingerprint density at radius 1 is 1.18 bits per heavy atom. The van der Waals surface area contributed by atoms with E-state index in [-0.39, 0.29) is 29.7 Å². The molecule has 1 saturated heterocycles. The number of nitrogens with two attached hydrogens (primary N) is 1. The number of carbonyl (C=O) groups is 3. The Balaban J connectivity index is 1.84. The van der Waals surface area contributed by atoms with Gasteiger partial charge in [-0.3, -0.25) is 19.1 Å². The number of amides is 3. The molecule has 0 saturated carbocycles. The van der Waals surface area contributed by atoms with Crippen molar-refractivity contribution in [3.05, 3.63) is 30.0 Å². The number of rotatable bonds is 7. The molecule has 2 aromatic rings. The Labute approximate surface area is 193 Å². The van der Waals surface area contributed by atoms with Crippen LogP contribution < -0.4 is 16.4 Å². The maximum absolute atomic E-state index is 13.2. The van der Waals surface area contributed by atoms with Crippen molar-refractivity contribution < 1.29 is 22.8 Å². The largest absolute Gasteiger partial charge is 0.368 e. The number of aromatic nitrogens is 2. The van der Waals surface area contributed by atoms with Gasteiger partial charge in [-0.2, -0.15) is 5.10 Å². The molecule has 4 N–H and O–H groups in total. The zero-order valence-electron chi connectivity index (χ0n) is 19.1. The standard InChI is InChI=1S/C22H31N5O5S/c1-22(2,3)19(21(30)24-12-17(23)28)25-20(29)18-15-6-4-5-7-16(15)27(26-18)13-14-8-10-33(31,32)11-9-14/h4-7,14,19H,8-13H2,1-3H3,(H2,23,28)(H,24,30)(H,25,29). The van der Waals surface area contributed by atoms with Crippen LogP contribution in [0.15, 0.2) is 24.3 Å². The van der Waals surface area contributed by atoms with Gasteiger partial charge in [-0.15, -0.1) is 0 Å². The molecule has 1 atom stereocenters. The number of primary amides is 1. The van der Waals surface area contributed by atoms with Crippen molar-refractivity contribution in [1.82, 2.24) is 20.4 Å². The van der Waals surface area contributed by atoms with E-state index in [0.29, 0.717) is 24.8 Å². The van der Waals surface area contributed by atoms with Gasteiger partial charge < -0.3 is 16.4 Å². The molecule has 3 amide bonds. The van der Waals surface area contributed by atoms with E-state index in [1.807, 2.05) is 12.1 Å². The van der Waals surface area contributed by atoms with Crippen LogP contribution >= 0.6 is 0 Å². The van der Waals surface area contributed by atoms with Crippen molar-refractivity contribution in [3.8, 4) is 0 Å². The molecule has 33 heavy (non-hydrogen) atoms. The third-order valence-electron chi connectivity index (χ3n) is 5.82. The lowest BCUT2D eigenvalue weighted by Crippen LogP contribution is -2.54. The van der Waals surface area contributed by atoms with Crippen LogP contribution in [0.25, 0.3) is 10.9 Å². The van der Waals surface area contributed by atoms with Crippen LogP contribution in [-0.2, 0) is 26.0 Å². The van der Waals surface area contributed by atoms with Gasteiger partial charge in [-0.05, 0) is 30.2 Å². The minimum Gasteiger partial charge on any atom is -0.368 e. The smallest absolute Gasteiger partial charge is 0.273 e. The summed E-state index contributed by atoms with van der Waals surface area (Å²) in [4.78, 5) is 36.9. The molecule has 1 unspecified atom stereocenters. The van der Waals surface area contributed by atoms with Gasteiger partial charge in [0.1, 0.15) is 15.9 Å². The molecule has 1 aliphatic heterocycles. The molecule has 1 fully saturated rings. The molecule has 180 valence electrons. The number of para-hydroxylation sites is 1. The Bertz CT molecular complexity index is 1150. The van der Waals surface area contributed by atoms with Crippen molar-refractivity contribution >= 4 is 38.5 Å². The van der Waals surface area contributed by atoms with E-state index in [4.69, 9.17) is 5.73 Å². The number of nitrogens with one attached hydrogen (secondary N) is 2. The summed E-state index contributed by atoms with van der Waals surface area (Å²) < 4.78 is 25.2. The van der Waals surface area contributed by atoms with Crippen LogP contribution in [-0.4, -0.2) is 60.0 Å². The second-order valence-corrected chi connectivity index (χ2v) is 11.9. The van der Waals surface area contributed by atoms with Crippen molar-refractivity contribution in [2.75, 3.05) is 18.1 Å². The highest BCUT2D eigenvalue weighted by molar-refractivity contribution is 7.91. The van der Waals surface area contributed by atoms with E-state index < -0.39 is 39.0 Å². The predicted molar refractivity (Wildman–Crippen MR) is 124 cm³/mol. The van der Waals surface area contributed by atoms with Crippen LogP contribution in [0.5, 0.6) is 0 Å². The lowest BCUT2D eigenvalue weighted by molar-refractivity contribution is -0.128. The lowest BCUT2D eigenvalue weighted by atomic mass is 9.86. The minimum absolute atomic E-state index is 0.148. The molecule has 0 radical (unpaired) electrons. The van der Waals surface area contributed by atoms with Gasteiger partial charge >= 0.3 is 0 Å². The van der Waals surface area contributed by atoms with Gasteiger partial charge in [0.25, 0.3) is 5.91 Å². The maximum Gasteiger partial charge on any atom is 0.273 e. The predicted octanol–water partition coefficient (Wildman–Crippen LogP) is 0.607. The second kappa shape index (κ2) is 9.50. The van der Waals surface area contributed by atoms with Gasteiger partial charge in [0.2, 0.25) is 11.8 Å². The molecular formula is C22H31N5O5S. The van der Waals surface area contributed by atoms with Crippen molar-refractivity contribution in [1.29, 1.82) is 0 Å². The number of hydrogen-bond donors (Lipinski definition) is 3. The van der Waals surface area contributed by atoms with E-state index in [1.54, 1.807) is 37.6 Å². The molecule has 0 spiro atoms. The summed E-state index contributed by atoms with van der Waals surface area (Å²) in [6.45, 7) is 5.59. The van der Waals surface area contributed by atoms with Crippen LogP contribution in [0.3, 0.4) is 0 Å². The molecule has 10 nitrogen and oxygen atoms in total. The fourth-order valence-corrected chi connectivity index (χ4v) is 5.54. The molecule has 1 aromatic carbocycles. The van der Waals surface area contributed by atoms with Gasteiger partial charge in [0.15, 0.2) is 5.69 Å². The topological polar surface area (TPSA) is 153 Å². The first-order valence-corrected chi connectivity index (χ1v) is 12.7. The molecule has 3 rings (SSSR count). The maximum atomic E-state index is 13.2. The van der Waals surface area contributed by atoms with Gasteiger partial charge in [0.05, 0.1) is 23.6 Å². The fraction of sp³-hybridized carbons (Fsp3) is 0.545. The summed E-state index contributed by atoms with van der Waals surface area (Å²) >= 11 is 0. The minimum atomic E-state index is -2.97. The van der Waals surface area contributed by atoms with E-state index in [2.05, 4.69) is 15.7 Å². The van der Waals surface area contributed by atoms with Gasteiger partial charge in [0, 0.05) is 11.9 Å². The Hall–Kier alpha value is -2.95. The lowest BCUT2D eigenvalue weighted by Gasteiger charge is -2.30. The Morgan fingerprint density at radius 3 is 2.42 bits per heavy atom. The first-order valence-electron chi connectivity index (χ1n) is 10.9. The molecule has 2 heterocycles. The molecule has 1 aliphatic rings. The molecule has 0 bridgehead atoms. The van der Waals surface area contributed by atoms with Crippen LogP contribution in [0, 0.1) is 11.3 Å². The van der Waals surface area contributed by atoms with E-state index in [9.17, 15) is 22.8 Å². The summed E-state index contributed by atoms with van der Waals surface area (Å²) in [5, 5.41) is 10.4. The number of nitrogens with zero attached hydrogens (tertiary/aromatic N) is 2. The third-order valence-corrected chi connectivity index (χ3v) is 7.53. The Kier molecular flexibility index (Phi) is 7.11. The zero-order valence-corrected chi connectivity index (χ0v) is 19.9. The summed E-state index contributed by atoms with van der Waals surface area (Å²) in [6, 6.07) is 6.39. The van der Waals surface area contributed by atoms with Crippen molar-refractivity contribution in [3.63, 3.8) is 0 Å². The summed E-state index contributed by atoms with van der Waals surface area (Å²) in [6.07, 6.45) is 1.12. The summed E-state index contributed by atoms with van der Waals surface area (Å²) in [5.41, 5.74) is 5.43. The monoisotopic (exact) mass is 477 g/mol.